The van der Waals surface area contributed by atoms with Crippen LogP contribution in [-0.2, 0) is 0 Å². The number of alkyl halides is 1. The molecule has 0 radical (unpaired) electrons. The van der Waals surface area contributed by atoms with E-state index in [0.717, 1.165) is 33.8 Å². The van der Waals surface area contributed by atoms with Gasteiger partial charge in [-0.3, -0.25) is 4.79 Å². The third-order valence-corrected chi connectivity index (χ3v) is 5.81. The zero-order valence-electron chi connectivity index (χ0n) is 11.1. The summed E-state index contributed by atoms with van der Waals surface area (Å²) in [5, 5.41) is 4.07. The molecule has 1 aliphatic carbocycles. The lowest BCUT2D eigenvalue weighted by Gasteiger charge is -2.36. The van der Waals surface area contributed by atoms with Gasteiger partial charge >= 0.3 is 0 Å². The summed E-state index contributed by atoms with van der Waals surface area (Å²) in [7, 11) is 0. The van der Waals surface area contributed by atoms with Crippen molar-refractivity contribution in [3.05, 3.63) is 33.8 Å². The van der Waals surface area contributed by atoms with Gasteiger partial charge in [-0.05, 0) is 37.5 Å². The van der Waals surface area contributed by atoms with Crippen LogP contribution in [0.25, 0.3) is 0 Å². The van der Waals surface area contributed by atoms with Gasteiger partial charge in [0, 0.05) is 15.4 Å². The van der Waals surface area contributed by atoms with E-state index in [2.05, 4.69) is 37.2 Å². The van der Waals surface area contributed by atoms with Crippen molar-refractivity contribution in [1.82, 2.24) is 5.32 Å². The van der Waals surface area contributed by atoms with Crippen LogP contribution in [0.15, 0.2) is 22.7 Å². The Morgan fingerprint density at radius 1 is 1.32 bits per heavy atom. The fourth-order valence-electron chi connectivity index (χ4n) is 2.57. The maximum atomic E-state index is 12.4. The van der Waals surface area contributed by atoms with Crippen molar-refractivity contribution in [3.8, 4) is 0 Å². The molecule has 1 aromatic carbocycles. The molecule has 104 valence electrons. The molecule has 19 heavy (non-hydrogen) atoms. The monoisotopic (exact) mass is 387 g/mol. The first-order valence-corrected chi connectivity index (χ1v) is 8.62. The van der Waals surface area contributed by atoms with Crippen LogP contribution in [0.4, 0.5) is 0 Å². The molecule has 4 heteroatoms. The largest absolute Gasteiger partial charge is 0.346 e. The highest BCUT2D eigenvalue weighted by molar-refractivity contribution is 9.10. The maximum absolute atomic E-state index is 12.4. The third-order valence-electron chi connectivity index (χ3n) is 3.88. The normalized spacial score (nSPS) is 18.1. The second kappa shape index (κ2) is 6.40. The number of carbonyl (C=O) groups excluding carboxylic acids is 1. The van der Waals surface area contributed by atoms with Crippen molar-refractivity contribution in [2.24, 2.45) is 0 Å². The highest BCUT2D eigenvalue weighted by Gasteiger charge is 2.32. The highest BCUT2D eigenvalue weighted by atomic mass is 79.9. The Labute approximate surface area is 131 Å². The van der Waals surface area contributed by atoms with Crippen LogP contribution in [-0.4, -0.2) is 16.8 Å². The van der Waals surface area contributed by atoms with E-state index in [1.807, 2.05) is 25.1 Å². The molecule has 0 aliphatic heterocycles. The number of hydrogen-bond acceptors (Lipinski definition) is 1. The lowest BCUT2D eigenvalue weighted by atomic mass is 9.83. The molecule has 0 atom stereocenters. The van der Waals surface area contributed by atoms with Gasteiger partial charge in [0.25, 0.3) is 5.91 Å². The van der Waals surface area contributed by atoms with E-state index >= 15 is 0 Å². The van der Waals surface area contributed by atoms with Gasteiger partial charge in [-0.15, -0.1) is 0 Å². The molecule has 1 N–H and O–H groups in total. The Kier molecular flexibility index (Phi) is 5.07. The molecular formula is C15H19Br2NO. The van der Waals surface area contributed by atoms with Crippen LogP contribution in [0.3, 0.4) is 0 Å². The van der Waals surface area contributed by atoms with Crippen LogP contribution in [0, 0.1) is 6.92 Å². The number of halogens is 2. The van der Waals surface area contributed by atoms with Gasteiger partial charge in [0.15, 0.2) is 0 Å². The maximum Gasteiger partial charge on any atom is 0.251 e. The Morgan fingerprint density at radius 3 is 2.58 bits per heavy atom. The molecule has 1 aliphatic rings. The van der Waals surface area contributed by atoms with Crippen molar-refractivity contribution in [2.45, 2.75) is 44.6 Å². The number of hydrogen-bond donors (Lipinski definition) is 1. The summed E-state index contributed by atoms with van der Waals surface area (Å²) in [6.45, 7) is 2.02. The van der Waals surface area contributed by atoms with E-state index in [9.17, 15) is 4.79 Å². The minimum atomic E-state index is -0.0628. The first-order valence-electron chi connectivity index (χ1n) is 6.71. The molecule has 2 nitrogen and oxygen atoms in total. The van der Waals surface area contributed by atoms with Gasteiger partial charge in [-0.1, -0.05) is 57.2 Å². The zero-order chi connectivity index (χ0) is 13.9. The standard InChI is InChI=1S/C15H19Br2NO/c1-11-5-6-12(9-13(11)17)14(19)18-15(10-16)7-3-2-4-8-15/h5-6,9H,2-4,7-8,10H2,1H3,(H,18,19). The summed E-state index contributed by atoms with van der Waals surface area (Å²) >= 11 is 7.05. The fraction of sp³-hybridized carbons (Fsp3) is 0.533. The lowest BCUT2D eigenvalue weighted by molar-refractivity contribution is 0.0886. The summed E-state index contributed by atoms with van der Waals surface area (Å²) in [6, 6.07) is 5.76. The van der Waals surface area contributed by atoms with Gasteiger partial charge in [-0.2, -0.15) is 0 Å². The lowest BCUT2D eigenvalue weighted by Crippen LogP contribution is -2.51. The van der Waals surface area contributed by atoms with Crippen molar-refractivity contribution >= 4 is 37.8 Å². The molecule has 1 amide bonds. The van der Waals surface area contributed by atoms with Crippen molar-refractivity contribution in [3.63, 3.8) is 0 Å². The van der Waals surface area contributed by atoms with E-state index in [0.29, 0.717) is 0 Å². The smallest absolute Gasteiger partial charge is 0.251 e. The topological polar surface area (TPSA) is 29.1 Å². The Bertz CT molecular complexity index is 467. The fourth-order valence-corrected chi connectivity index (χ4v) is 3.65. The van der Waals surface area contributed by atoms with Gasteiger partial charge in [0.05, 0.1) is 5.54 Å². The second-order valence-corrected chi connectivity index (χ2v) is 6.81. The quantitative estimate of drug-likeness (QED) is 0.754. The Morgan fingerprint density at radius 2 is 2.00 bits per heavy atom. The molecule has 1 saturated carbocycles. The van der Waals surface area contributed by atoms with Crippen LogP contribution >= 0.6 is 31.9 Å². The van der Waals surface area contributed by atoms with Crippen molar-refractivity contribution in [1.29, 1.82) is 0 Å². The molecule has 0 aromatic heterocycles. The van der Waals surface area contributed by atoms with E-state index < -0.39 is 0 Å². The van der Waals surface area contributed by atoms with E-state index in [-0.39, 0.29) is 11.4 Å². The van der Waals surface area contributed by atoms with E-state index in [1.54, 1.807) is 0 Å². The summed E-state index contributed by atoms with van der Waals surface area (Å²) in [5.41, 5.74) is 1.81. The number of rotatable bonds is 3. The van der Waals surface area contributed by atoms with Crippen LogP contribution in [0.2, 0.25) is 0 Å². The predicted octanol–water partition coefficient (Wildman–Crippen LogP) is 4.59. The van der Waals surface area contributed by atoms with Gasteiger partial charge < -0.3 is 5.32 Å². The van der Waals surface area contributed by atoms with E-state index in [1.165, 1.54) is 19.3 Å². The molecule has 0 heterocycles. The van der Waals surface area contributed by atoms with Crippen molar-refractivity contribution < 1.29 is 4.79 Å². The SMILES string of the molecule is Cc1ccc(C(=O)NC2(CBr)CCCCC2)cc1Br. The number of amides is 1. The molecule has 0 spiro atoms. The number of nitrogens with one attached hydrogen (secondary N) is 1. The first kappa shape index (κ1) is 15.0. The molecular weight excluding hydrogens is 370 g/mol. The second-order valence-electron chi connectivity index (χ2n) is 5.39. The van der Waals surface area contributed by atoms with E-state index in [4.69, 9.17) is 0 Å². The average Bonchev–Trinajstić information content (AvgIpc) is 2.43. The Hall–Kier alpha value is -0.350. The van der Waals surface area contributed by atoms with Crippen molar-refractivity contribution in [2.75, 3.05) is 5.33 Å². The minimum Gasteiger partial charge on any atom is -0.346 e. The molecule has 2 rings (SSSR count). The van der Waals surface area contributed by atoms with Crippen LogP contribution in [0.5, 0.6) is 0 Å². The Balaban J connectivity index is 2.12. The zero-order valence-corrected chi connectivity index (χ0v) is 14.3. The van der Waals surface area contributed by atoms with Gasteiger partial charge in [0.2, 0.25) is 0 Å². The minimum absolute atomic E-state index is 0.0297. The molecule has 0 saturated heterocycles. The number of aryl methyl sites for hydroxylation is 1. The predicted molar refractivity (Wildman–Crippen MR) is 86.0 cm³/mol. The summed E-state index contributed by atoms with van der Waals surface area (Å²) in [5.74, 6) is 0.0297. The molecule has 0 unspecified atom stereocenters. The molecule has 1 fully saturated rings. The first-order chi connectivity index (χ1) is 9.06. The molecule has 1 aromatic rings. The summed E-state index contributed by atoms with van der Waals surface area (Å²) < 4.78 is 0.983. The van der Waals surface area contributed by atoms with Crippen LogP contribution in [0.1, 0.15) is 48.0 Å². The van der Waals surface area contributed by atoms with Crippen LogP contribution < -0.4 is 5.32 Å². The van der Waals surface area contributed by atoms with Gasteiger partial charge in [0.1, 0.15) is 0 Å². The average molecular weight is 389 g/mol. The number of benzene rings is 1. The third kappa shape index (κ3) is 3.60. The molecule has 0 bridgehead atoms. The van der Waals surface area contributed by atoms with Gasteiger partial charge in [-0.25, -0.2) is 0 Å². The summed E-state index contributed by atoms with van der Waals surface area (Å²) in [6.07, 6.45) is 5.81. The highest BCUT2D eigenvalue weighted by Crippen LogP contribution is 2.30. The summed E-state index contributed by atoms with van der Waals surface area (Å²) in [4.78, 5) is 12.4. The number of carbonyl (C=O) groups is 1.